The zero-order valence-electron chi connectivity index (χ0n) is 11.2. The lowest BCUT2D eigenvalue weighted by atomic mass is 9.96. The quantitative estimate of drug-likeness (QED) is 0.337. The lowest BCUT2D eigenvalue weighted by molar-refractivity contribution is 0.442. The zero-order chi connectivity index (χ0) is 13.7. The molecule has 0 radical (unpaired) electrons. The fourth-order valence-corrected chi connectivity index (χ4v) is 2.68. The van der Waals surface area contributed by atoms with Gasteiger partial charge in [0.15, 0.2) is 0 Å². The van der Waals surface area contributed by atoms with E-state index in [2.05, 4.69) is 15.7 Å². The monoisotopic (exact) mass is 280 g/mol. The van der Waals surface area contributed by atoms with E-state index in [9.17, 15) is 0 Å². The number of halogens is 1. The summed E-state index contributed by atoms with van der Waals surface area (Å²) in [5.74, 6) is 6.14. The van der Waals surface area contributed by atoms with E-state index >= 15 is 0 Å². The van der Waals surface area contributed by atoms with Crippen LogP contribution in [0.4, 0.5) is 5.69 Å². The maximum absolute atomic E-state index is 6.19. The predicted octanol–water partition coefficient (Wildman–Crippen LogP) is 3.21. The highest BCUT2D eigenvalue weighted by Gasteiger charge is 2.14. The molecule has 0 unspecified atom stereocenters. The van der Waals surface area contributed by atoms with E-state index in [4.69, 9.17) is 17.4 Å². The maximum Gasteiger partial charge on any atom is 0.210 e. The van der Waals surface area contributed by atoms with E-state index in [-0.39, 0.29) is 0 Å². The van der Waals surface area contributed by atoms with E-state index in [0.717, 1.165) is 24.1 Å². The number of para-hydroxylation sites is 1. The molecule has 0 amide bonds. The Labute approximate surface area is 119 Å². The number of hydrogen-bond acceptors (Lipinski definition) is 2. The van der Waals surface area contributed by atoms with E-state index in [1.165, 1.54) is 19.3 Å². The van der Waals surface area contributed by atoms with Crippen LogP contribution in [0.3, 0.4) is 0 Å². The minimum atomic E-state index is 0.357. The molecule has 19 heavy (non-hydrogen) atoms. The Balaban J connectivity index is 2.12. The molecule has 0 atom stereocenters. The highest BCUT2D eigenvalue weighted by molar-refractivity contribution is 6.34. The Bertz CT molecular complexity index is 433. The van der Waals surface area contributed by atoms with E-state index in [0.29, 0.717) is 17.0 Å². The van der Waals surface area contributed by atoms with Gasteiger partial charge in [0, 0.05) is 0 Å². The molecule has 0 aromatic heterocycles. The van der Waals surface area contributed by atoms with Crippen molar-refractivity contribution in [2.45, 2.75) is 45.1 Å². The van der Waals surface area contributed by atoms with Gasteiger partial charge in [0.25, 0.3) is 0 Å². The average molecular weight is 281 g/mol. The molecule has 2 rings (SSSR count). The van der Waals surface area contributed by atoms with Gasteiger partial charge in [0.1, 0.15) is 0 Å². The smallest absolute Gasteiger partial charge is 0.210 e. The summed E-state index contributed by atoms with van der Waals surface area (Å²) >= 11 is 6.19. The number of anilines is 1. The number of nitrogens with two attached hydrogens (primary N) is 1. The van der Waals surface area contributed by atoms with Gasteiger partial charge in [-0.2, -0.15) is 0 Å². The Morgan fingerprint density at radius 1 is 1.32 bits per heavy atom. The molecule has 1 fully saturated rings. The number of hydrogen-bond donors (Lipinski definition) is 3. The summed E-state index contributed by atoms with van der Waals surface area (Å²) in [5, 5.41) is 3.87. The van der Waals surface area contributed by atoms with Crippen LogP contribution in [0.25, 0.3) is 0 Å². The predicted molar refractivity (Wildman–Crippen MR) is 81.4 cm³/mol. The van der Waals surface area contributed by atoms with E-state index in [1.807, 2.05) is 25.1 Å². The summed E-state index contributed by atoms with van der Waals surface area (Å²) in [6.07, 6.45) is 6.07. The second kappa shape index (κ2) is 6.78. The fourth-order valence-electron chi connectivity index (χ4n) is 2.41. The minimum absolute atomic E-state index is 0.357. The first-order valence-electron chi connectivity index (χ1n) is 6.77. The number of aliphatic imine (C=N–C) groups is 1. The summed E-state index contributed by atoms with van der Waals surface area (Å²) in [7, 11) is 0. The molecule has 0 bridgehead atoms. The fraction of sp³-hybridized carbons (Fsp3) is 0.500. The van der Waals surface area contributed by atoms with Crippen LogP contribution in [-0.4, -0.2) is 12.0 Å². The molecule has 1 aromatic carbocycles. The van der Waals surface area contributed by atoms with Crippen molar-refractivity contribution in [3.05, 3.63) is 28.8 Å². The topological polar surface area (TPSA) is 62.4 Å². The maximum atomic E-state index is 6.19. The normalized spacial score (nSPS) is 17.3. The van der Waals surface area contributed by atoms with Gasteiger partial charge in [-0.15, -0.1) is 0 Å². The molecule has 1 aromatic rings. The second-order valence-corrected chi connectivity index (χ2v) is 5.38. The van der Waals surface area contributed by atoms with Gasteiger partial charge < -0.3 is 5.32 Å². The van der Waals surface area contributed by atoms with E-state index < -0.39 is 0 Å². The van der Waals surface area contributed by atoms with Crippen molar-refractivity contribution in [1.82, 2.24) is 5.43 Å². The summed E-state index contributed by atoms with van der Waals surface area (Å²) in [4.78, 5) is 4.64. The number of guanidine groups is 1. The number of nitrogens with zero attached hydrogens (tertiary/aromatic N) is 1. The number of hydrazine groups is 1. The standard InChI is InChI=1S/C14H21ClN4/c1-10-6-5-9-12(15)13(10)18-14(19-16)17-11-7-3-2-4-8-11/h5-6,9,11H,2-4,7-8,16H2,1H3,(H2,17,18,19). The SMILES string of the molecule is Cc1cccc(Cl)c1NC(=NC1CCCCC1)NN. The van der Waals surface area contributed by atoms with Crippen LogP contribution in [-0.2, 0) is 0 Å². The van der Waals surface area contributed by atoms with E-state index in [1.54, 1.807) is 0 Å². The van der Waals surface area contributed by atoms with Crippen molar-refractivity contribution in [2.24, 2.45) is 10.8 Å². The third kappa shape index (κ3) is 3.85. The Morgan fingerprint density at radius 2 is 2.05 bits per heavy atom. The molecule has 4 N–H and O–H groups in total. The first-order valence-corrected chi connectivity index (χ1v) is 7.15. The summed E-state index contributed by atoms with van der Waals surface area (Å²) in [6.45, 7) is 2.00. The van der Waals surface area contributed by atoms with Crippen molar-refractivity contribution < 1.29 is 0 Å². The first-order chi connectivity index (χ1) is 9.20. The highest BCUT2D eigenvalue weighted by atomic mass is 35.5. The van der Waals surface area contributed by atoms with Gasteiger partial charge in [-0.25, -0.2) is 10.8 Å². The van der Waals surface area contributed by atoms with Gasteiger partial charge in [-0.1, -0.05) is 43.0 Å². The third-order valence-corrected chi connectivity index (χ3v) is 3.80. The lowest BCUT2D eigenvalue weighted by Crippen LogP contribution is -2.37. The number of aryl methyl sites for hydroxylation is 1. The van der Waals surface area contributed by atoms with Gasteiger partial charge in [-0.05, 0) is 31.4 Å². The number of nitrogens with one attached hydrogen (secondary N) is 2. The number of rotatable bonds is 2. The summed E-state index contributed by atoms with van der Waals surface area (Å²) in [5.41, 5.74) is 4.56. The van der Waals surface area contributed by atoms with Crippen LogP contribution < -0.4 is 16.6 Å². The van der Waals surface area contributed by atoms with Crippen LogP contribution >= 0.6 is 11.6 Å². The molecule has 5 heteroatoms. The highest BCUT2D eigenvalue weighted by Crippen LogP contribution is 2.25. The molecule has 1 saturated carbocycles. The second-order valence-electron chi connectivity index (χ2n) is 4.97. The molecule has 0 saturated heterocycles. The molecule has 1 aliphatic carbocycles. The summed E-state index contributed by atoms with van der Waals surface area (Å²) < 4.78 is 0. The first kappa shape index (κ1) is 14.2. The van der Waals surface area contributed by atoms with Gasteiger partial charge in [0.2, 0.25) is 5.96 Å². The Kier molecular flexibility index (Phi) is 5.05. The van der Waals surface area contributed by atoms with Crippen LogP contribution in [0.2, 0.25) is 5.02 Å². The van der Waals surface area contributed by atoms with Crippen molar-refractivity contribution in [2.75, 3.05) is 5.32 Å². The average Bonchev–Trinajstić information content (AvgIpc) is 2.43. The Morgan fingerprint density at radius 3 is 2.68 bits per heavy atom. The van der Waals surface area contributed by atoms with Crippen LogP contribution in [0.1, 0.15) is 37.7 Å². The molecule has 0 heterocycles. The van der Waals surface area contributed by atoms with Crippen molar-refractivity contribution in [3.63, 3.8) is 0 Å². The minimum Gasteiger partial charge on any atom is -0.324 e. The molecule has 0 spiro atoms. The molecular formula is C14H21ClN4. The largest absolute Gasteiger partial charge is 0.324 e. The molecule has 1 aliphatic rings. The Hall–Kier alpha value is -1.26. The van der Waals surface area contributed by atoms with Gasteiger partial charge in [0.05, 0.1) is 16.8 Å². The van der Waals surface area contributed by atoms with Crippen molar-refractivity contribution >= 4 is 23.2 Å². The van der Waals surface area contributed by atoms with Crippen molar-refractivity contribution in [1.29, 1.82) is 0 Å². The molecule has 4 nitrogen and oxygen atoms in total. The molecule has 104 valence electrons. The molecule has 0 aliphatic heterocycles. The van der Waals surface area contributed by atoms with Crippen LogP contribution in [0.5, 0.6) is 0 Å². The van der Waals surface area contributed by atoms with Gasteiger partial charge in [-0.3, -0.25) is 5.43 Å². The van der Waals surface area contributed by atoms with Crippen LogP contribution in [0.15, 0.2) is 23.2 Å². The van der Waals surface area contributed by atoms with Gasteiger partial charge >= 0.3 is 0 Å². The van der Waals surface area contributed by atoms with Crippen molar-refractivity contribution in [3.8, 4) is 0 Å². The van der Waals surface area contributed by atoms with Crippen LogP contribution in [0, 0.1) is 6.92 Å². The third-order valence-electron chi connectivity index (χ3n) is 3.49. The molecular weight excluding hydrogens is 260 g/mol. The summed E-state index contributed by atoms with van der Waals surface area (Å²) in [6, 6.07) is 6.14. The zero-order valence-corrected chi connectivity index (χ0v) is 12.0. The number of benzene rings is 1. The lowest BCUT2D eigenvalue weighted by Gasteiger charge is -2.20.